The van der Waals surface area contributed by atoms with Gasteiger partial charge in [0.05, 0.1) is 0 Å². The van der Waals surface area contributed by atoms with Gasteiger partial charge in [0.2, 0.25) is 0 Å². The molecule has 0 atom stereocenters. The van der Waals surface area contributed by atoms with Crippen molar-refractivity contribution in [3.8, 4) is 0 Å². The van der Waals surface area contributed by atoms with E-state index in [0.29, 0.717) is 5.76 Å². The smallest absolute Gasteiger partial charge is 0.194 e. The van der Waals surface area contributed by atoms with Crippen molar-refractivity contribution in [2.75, 3.05) is 0 Å². The van der Waals surface area contributed by atoms with Gasteiger partial charge in [-0.1, -0.05) is 38.5 Å². The molecular formula is C13H16O2. The first kappa shape index (κ1) is 11.5. The average molecular weight is 204 g/mol. The van der Waals surface area contributed by atoms with E-state index >= 15 is 0 Å². The van der Waals surface area contributed by atoms with Crippen LogP contribution in [-0.2, 0) is 0 Å². The molecule has 0 radical (unpaired) electrons. The minimum atomic E-state index is -0.0359. The molecule has 0 spiro atoms. The molecule has 0 aliphatic rings. The third kappa shape index (κ3) is 2.94. The summed E-state index contributed by atoms with van der Waals surface area (Å²) in [7, 11) is 0. The van der Waals surface area contributed by atoms with Crippen LogP contribution in [0.5, 0.6) is 0 Å². The lowest BCUT2D eigenvalue weighted by Crippen LogP contribution is -1.85. The van der Waals surface area contributed by atoms with Crippen LogP contribution in [0.25, 0.3) is 11.0 Å². The predicted molar refractivity (Wildman–Crippen MR) is 62.2 cm³/mol. The molecule has 15 heavy (non-hydrogen) atoms. The zero-order chi connectivity index (χ0) is 11.3. The summed E-state index contributed by atoms with van der Waals surface area (Å²) >= 11 is 0. The number of Topliss-reactive ketones (excluding diaryl/α,β-unsaturated/α-hetero) is 1. The van der Waals surface area contributed by atoms with Crippen LogP contribution in [0, 0.1) is 0 Å². The Morgan fingerprint density at radius 3 is 2.40 bits per heavy atom. The summed E-state index contributed by atoms with van der Waals surface area (Å²) in [6.07, 6.45) is 1.25. The molecule has 0 aliphatic carbocycles. The molecule has 1 heterocycles. The third-order valence-electron chi connectivity index (χ3n) is 1.77. The Bertz CT molecular complexity index is 407. The predicted octanol–water partition coefficient (Wildman–Crippen LogP) is 4.05. The van der Waals surface area contributed by atoms with E-state index in [1.54, 1.807) is 6.07 Å². The fourth-order valence-electron chi connectivity index (χ4n) is 1.16. The van der Waals surface area contributed by atoms with Crippen molar-refractivity contribution in [2.45, 2.75) is 27.2 Å². The van der Waals surface area contributed by atoms with Gasteiger partial charge in [0.25, 0.3) is 0 Å². The number of furan rings is 1. The molecule has 0 saturated carbocycles. The Hall–Kier alpha value is -1.57. The van der Waals surface area contributed by atoms with Gasteiger partial charge in [-0.05, 0) is 12.1 Å². The molecule has 1 aromatic carbocycles. The minimum Gasteiger partial charge on any atom is -0.453 e. The molecule has 0 N–H and O–H groups in total. The number of ketones is 1. The molecular weight excluding hydrogens is 188 g/mol. The summed E-state index contributed by atoms with van der Waals surface area (Å²) in [5.41, 5.74) is 0.766. The van der Waals surface area contributed by atoms with Crippen molar-refractivity contribution in [1.82, 2.24) is 0 Å². The fourth-order valence-corrected chi connectivity index (χ4v) is 1.16. The molecule has 0 unspecified atom stereocenters. The van der Waals surface area contributed by atoms with E-state index in [9.17, 15) is 4.79 Å². The number of para-hydroxylation sites is 1. The Morgan fingerprint density at radius 1 is 1.27 bits per heavy atom. The van der Waals surface area contributed by atoms with Gasteiger partial charge >= 0.3 is 0 Å². The van der Waals surface area contributed by atoms with Crippen LogP contribution in [0.1, 0.15) is 37.7 Å². The van der Waals surface area contributed by atoms with Gasteiger partial charge in [-0.2, -0.15) is 0 Å². The van der Waals surface area contributed by atoms with Crippen LogP contribution >= 0.6 is 0 Å². The minimum absolute atomic E-state index is 0.0359. The lowest BCUT2D eigenvalue weighted by Gasteiger charge is -1.83. The summed E-state index contributed by atoms with van der Waals surface area (Å²) < 4.78 is 5.28. The standard InChI is InChI=1S/C10H8O2.C3H8/c1-7(11)10-6-8-4-2-3-5-9(8)12-10;1-3-2/h2-6H,1H3;3H2,1-2H3. The molecule has 2 heteroatoms. The van der Waals surface area contributed by atoms with Gasteiger partial charge in [0.1, 0.15) is 5.58 Å². The van der Waals surface area contributed by atoms with E-state index in [4.69, 9.17) is 4.42 Å². The number of hydrogen-bond donors (Lipinski definition) is 0. The number of fused-ring (bicyclic) bond motifs is 1. The van der Waals surface area contributed by atoms with Gasteiger partial charge in [0.15, 0.2) is 11.5 Å². The topological polar surface area (TPSA) is 30.2 Å². The number of carbonyl (C=O) groups excluding carboxylic acids is 1. The van der Waals surface area contributed by atoms with Gasteiger partial charge < -0.3 is 4.42 Å². The number of rotatable bonds is 1. The summed E-state index contributed by atoms with van der Waals surface area (Å²) in [4.78, 5) is 10.9. The number of benzene rings is 1. The molecule has 0 bridgehead atoms. The van der Waals surface area contributed by atoms with E-state index in [-0.39, 0.29) is 5.78 Å². The first-order valence-electron chi connectivity index (χ1n) is 5.18. The van der Waals surface area contributed by atoms with Crippen LogP contribution in [0.2, 0.25) is 0 Å². The third-order valence-corrected chi connectivity index (χ3v) is 1.77. The monoisotopic (exact) mass is 204 g/mol. The Balaban J connectivity index is 0.000000337. The SMILES string of the molecule is CC(=O)c1cc2ccccc2o1.CCC. The molecule has 80 valence electrons. The zero-order valence-corrected chi connectivity index (χ0v) is 9.41. The molecule has 0 aliphatic heterocycles. The molecule has 0 amide bonds. The molecule has 2 rings (SSSR count). The summed E-state index contributed by atoms with van der Waals surface area (Å²) in [5.74, 6) is 0.391. The molecule has 0 fully saturated rings. The summed E-state index contributed by atoms with van der Waals surface area (Å²) in [6.45, 7) is 5.75. The van der Waals surface area contributed by atoms with E-state index in [2.05, 4.69) is 13.8 Å². The normalized spacial score (nSPS) is 9.53. The second-order valence-electron chi connectivity index (χ2n) is 3.41. The lowest BCUT2D eigenvalue weighted by atomic mass is 10.2. The maximum absolute atomic E-state index is 10.9. The second-order valence-corrected chi connectivity index (χ2v) is 3.41. The number of carbonyl (C=O) groups is 1. The van der Waals surface area contributed by atoms with Crippen molar-refractivity contribution in [2.24, 2.45) is 0 Å². The van der Waals surface area contributed by atoms with Crippen molar-refractivity contribution in [3.05, 3.63) is 36.1 Å². The largest absolute Gasteiger partial charge is 0.453 e. The van der Waals surface area contributed by atoms with Gasteiger partial charge in [0, 0.05) is 12.3 Å². The Labute approximate surface area is 89.9 Å². The maximum atomic E-state index is 10.9. The quantitative estimate of drug-likeness (QED) is 0.656. The average Bonchev–Trinajstić information content (AvgIpc) is 2.62. The first-order chi connectivity index (χ1) is 7.19. The second kappa shape index (κ2) is 5.35. The van der Waals surface area contributed by atoms with Crippen LogP contribution < -0.4 is 0 Å². The van der Waals surface area contributed by atoms with Crippen LogP contribution in [0.4, 0.5) is 0 Å². The molecule has 2 nitrogen and oxygen atoms in total. The van der Waals surface area contributed by atoms with E-state index in [1.165, 1.54) is 13.3 Å². The molecule has 1 aromatic heterocycles. The highest BCUT2D eigenvalue weighted by atomic mass is 16.3. The highest BCUT2D eigenvalue weighted by Crippen LogP contribution is 2.18. The van der Waals surface area contributed by atoms with Crippen molar-refractivity contribution < 1.29 is 9.21 Å². The van der Waals surface area contributed by atoms with Crippen molar-refractivity contribution >= 4 is 16.8 Å². The summed E-state index contributed by atoms with van der Waals surface area (Å²) in [6, 6.07) is 9.34. The van der Waals surface area contributed by atoms with Gasteiger partial charge in [-0.25, -0.2) is 0 Å². The number of hydrogen-bond acceptors (Lipinski definition) is 2. The maximum Gasteiger partial charge on any atom is 0.194 e. The highest BCUT2D eigenvalue weighted by molar-refractivity contribution is 5.95. The van der Waals surface area contributed by atoms with Crippen molar-refractivity contribution in [1.29, 1.82) is 0 Å². The van der Waals surface area contributed by atoms with Crippen LogP contribution in [0.15, 0.2) is 34.7 Å². The van der Waals surface area contributed by atoms with Gasteiger partial charge in [-0.3, -0.25) is 4.79 Å². The highest BCUT2D eigenvalue weighted by Gasteiger charge is 2.05. The van der Waals surface area contributed by atoms with Crippen LogP contribution in [-0.4, -0.2) is 5.78 Å². The van der Waals surface area contributed by atoms with E-state index < -0.39 is 0 Å². The van der Waals surface area contributed by atoms with Crippen molar-refractivity contribution in [3.63, 3.8) is 0 Å². The molecule has 2 aromatic rings. The van der Waals surface area contributed by atoms with Crippen LogP contribution in [0.3, 0.4) is 0 Å². The fraction of sp³-hybridized carbons (Fsp3) is 0.308. The zero-order valence-electron chi connectivity index (χ0n) is 9.41. The lowest BCUT2D eigenvalue weighted by molar-refractivity contribution is 0.0989. The Kier molecular flexibility index (Phi) is 4.10. The van der Waals surface area contributed by atoms with Gasteiger partial charge in [-0.15, -0.1) is 0 Å². The molecule has 0 saturated heterocycles. The van der Waals surface area contributed by atoms with E-state index in [0.717, 1.165) is 11.0 Å². The van der Waals surface area contributed by atoms with E-state index in [1.807, 2.05) is 24.3 Å². The first-order valence-corrected chi connectivity index (χ1v) is 5.18. The summed E-state index contributed by atoms with van der Waals surface area (Å²) in [5, 5.41) is 0.975. The Morgan fingerprint density at radius 2 is 1.87 bits per heavy atom.